The molecule has 0 fully saturated rings. The van der Waals surface area contributed by atoms with Gasteiger partial charge in [0, 0.05) is 18.3 Å². The average molecular weight is 378 g/mol. The van der Waals surface area contributed by atoms with E-state index in [4.69, 9.17) is 0 Å². The SMILES string of the molecule is Cc1cc(C)cc(Nc2cc(C(=O)NCCc3ccc(F)cc3)nc(C)n2)c1. The molecule has 3 aromatic rings. The van der Waals surface area contributed by atoms with Crippen LogP contribution in [0.2, 0.25) is 0 Å². The van der Waals surface area contributed by atoms with Crippen molar-refractivity contribution in [3.05, 3.63) is 82.6 Å². The molecule has 1 aromatic heterocycles. The lowest BCUT2D eigenvalue weighted by Gasteiger charge is -2.10. The molecule has 28 heavy (non-hydrogen) atoms. The zero-order chi connectivity index (χ0) is 20.1. The summed E-state index contributed by atoms with van der Waals surface area (Å²) in [5.74, 6) is 0.545. The Hall–Kier alpha value is -3.28. The van der Waals surface area contributed by atoms with E-state index in [0.717, 1.165) is 22.4 Å². The van der Waals surface area contributed by atoms with Crippen LogP contribution in [0, 0.1) is 26.6 Å². The third-order valence-electron chi connectivity index (χ3n) is 4.18. The number of carbonyl (C=O) groups excluding carboxylic acids is 1. The number of hydrogen-bond donors (Lipinski definition) is 2. The van der Waals surface area contributed by atoms with Gasteiger partial charge in [-0.15, -0.1) is 0 Å². The topological polar surface area (TPSA) is 66.9 Å². The van der Waals surface area contributed by atoms with Gasteiger partial charge in [-0.2, -0.15) is 0 Å². The summed E-state index contributed by atoms with van der Waals surface area (Å²) in [7, 11) is 0. The second-order valence-electron chi connectivity index (χ2n) is 6.82. The van der Waals surface area contributed by atoms with Gasteiger partial charge in [-0.1, -0.05) is 18.2 Å². The van der Waals surface area contributed by atoms with E-state index in [1.807, 2.05) is 26.0 Å². The number of nitrogens with one attached hydrogen (secondary N) is 2. The molecule has 0 aliphatic carbocycles. The van der Waals surface area contributed by atoms with Gasteiger partial charge < -0.3 is 10.6 Å². The number of hydrogen-bond acceptors (Lipinski definition) is 4. The number of anilines is 2. The lowest BCUT2D eigenvalue weighted by atomic mass is 10.1. The summed E-state index contributed by atoms with van der Waals surface area (Å²) in [6.45, 7) is 6.25. The lowest BCUT2D eigenvalue weighted by Crippen LogP contribution is -2.27. The predicted molar refractivity (Wildman–Crippen MR) is 108 cm³/mol. The van der Waals surface area contributed by atoms with E-state index in [1.54, 1.807) is 25.1 Å². The maximum Gasteiger partial charge on any atom is 0.270 e. The van der Waals surface area contributed by atoms with Crippen LogP contribution in [-0.4, -0.2) is 22.4 Å². The predicted octanol–water partition coefficient (Wildman–Crippen LogP) is 4.26. The summed E-state index contributed by atoms with van der Waals surface area (Å²) < 4.78 is 12.9. The van der Waals surface area contributed by atoms with Crippen molar-refractivity contribution in [3.63, 3.8) is 0 Å². The van der Waals surface area contributed by atoms with E-state index < -0.39 is 0 Å². The van der Waals surface area contributed by atoms with Crippen molar-refractivity contribution in [2.24, 2.45) is 0 Å². The molecule has 0 aliphatic rings. The first-order valence-electron chi connectivity index (χ1n) is 9.13. The number of benzene rings is 2. The number of rotatable bonds is 6. The normalized spacial score (nSPS) is 10.6. The lowest BCUT2D eigenvalue weighted by molar-refractivity contribution is 0.0949. The molecule has 2 aromatic carbocycles. The maximum atomic E-state index is 12.9. The van der Waals surface area contributed by atoms with Crippen LogP contribution in [0.5, 0.6) is 0 Å². The van der Waals surface area contributed by atoms with Crippen LogP contribution < -0.4 is 10.6 Å². The first-order chi connectivity index (χ1) is 13.4. The van der Waals surface area contributed by atoms with E-state index in [1.165, 1.54) is 12.1 Å². The molecule has 1 amide bonds. The highest BCUT2D eigenvalue weighted by atomic mass is 19.1. The molecule has 0 unspecified atom stereocenters. The van der Waals surface area contributed by atoms with E-state index in [-0.39, 0.29) is 11.7 Å². The maximum absolute atomic E-state index is 12.9. The molecule has 3 rings (SSSR count). The molecular weight excluding hydrogens is 355 g/mol. The monoisotopic (exact) mass is 378 g/mol. The van der Waals surface area contributed by atoms with Gasteiger partial charge in [-0.3, -0.25) is 4.79 Å². The molecule has 0 aliphatic heterocycles. The Morgan fingerprint density at radius 3 is 2.32 bits per heavy atom. The van der Waals surface area contributed by atoms with E-state index >= 15 is 0 Å². The number of amides is 1. The van der Waals surface area contributed by atoms with Crippen LogP contribution >= 0.6 is 0 Å². The molecule has 0 atom stereocenters. The highest BCUT2D eigenvalue weighted by Crippen LogP contribution is 2.19. The smallest absolute Gasteiger partial charge is 0.270 e. The van der Waals surface area contributed by atoms with Crippen molar-refractivity contribution in [1.29, 1.82) is 0 Å². The zero-order valence-corrected chi connectivity index (χ0v) is 16.2. The van der Waals surface area contributed by atoms with Gasteiger partial charge in [0.15, 0.2) is 0 Å². The average Bonchev–Trinajstić information content (AvgIpc) is 2.62. The van der Waals surface area contributed by atoms with Gasteiger partial charge in [0.25, 0.3) is 5.91 Å². The molecule has 0 spiro atoms. The van der Waals surface area contributed by atoms with Crippen LogP contribution in [0.15, 0.2) is 48.5 Å². The Morgan fingerprint density at radius 1 is 0.964 bits per heavy atom. The van der Waals surface area contributed by atoms with Gasteiger partial charge in [-0.05, 0) is 68.1 Å². The first kappa shape index (κ1) is 19.5. The van der Waals surface area contributed by atoms with E-state index in [0.29, 0.717) is 30.3 Å². The molecule has 5 nitrogen and oxygen atoms in total. The summed E-state index contributed by atoms with van der Waals surface area (Å²) in [6, 6.07) is 14.0. The molecule has 0 saturated carbocycles. The minimum absolute atomic E-state index is 0.268. The molecule has 0 saturated heterocycles. The van der Waals surface area contributed by atoms with E-state index in [2.05, 4.69) is 26.7 Å². The molecule has 144 valence electrons. The van der Waals surface area contributed by atoms with Crippen molar-refractivity contribution in [3.8, 4) is 0 Å². The summed E-state index contributed by atoms with van der Waals surface area (Å²) in [4.78, 5) is 21.1. The summed E-state index contributed by atoms with van der Waals surface area (Å²) in [6.07, 6.45) is 0.615. The van der Waals surface area contributed by atoms with Gasteiger partial charge >= 0.3 is 0 Å². The Kier molecular flexibility index (Phi) is 5.99. The Bertz CT molecular complexity index is 966. The number of aryl methyl sites for hydroxylation is 3. The molecule has 6 heteroatoms. The first-order valence-corrected chi connectivity index (χ1v) is 9.13. The second-order valence-corrected chi connectivity index (χ2v) is 6.82. The number of carbonyl (C=O) groups is 1. The highest BCUT2D eigenvalue weighted by molar-refractivity contribution is 5.93. The van der Waals surface area contributed by atoms with Gasteiger partial charge in [0.05, 0.1) is 0 Å². The minimum Gasteiger partial charge on any atom is -0.350 e. The van der Waals surface area contributed by atoms with Gasteiger partial charge in [0.1, 0.15) is 23.2 Å². The summed E-state index contributed by atoms with van der Waals surface area (Å²) in [5.41, 5.74) is 4.47. The van der Waals surface area contributed by atoms with Gasteiger partial charge in [0.2, 0.25) is 0 Å². The molecule has 2 N–H and O–H groups in total. The van der Waals surface area contributed by atoms with Crippen molar-refractivity contribution in [1.82, 2.24) is 15.3 Å². The van der Waals surface area contributed by atoms with Crippen LogP contribution in [0.3, 0.4) is 0 Å². The van der Waals surface area contributed by atoms with Crippen molar-refractivity contribution >= 4 is 17.4 Å². The van der Waals surface area contributed by atoms with Crippen molar-refractivity contribution in [2.75, 3.05) is 11.9 Å². The fourth-order valence-corrected chi connectivity index (χ4v) is 3.00. The van der Waals surface area contributed by atoms with Crippen molar-refractivity contribution in [2.45, 2.75) is 27.2 Å². The third-order valence-corrected chi connectivity index (χ3v) is 4.18. The summed E-state index contributed by atoms with van der Waals surface area (Å²) in [5, 5.41) is 6.09. The fraction of sp³-hybridized carbons (Fsp3) is 0.227. The number of nitrogens with zero attached hydrogens (tertiary/aromatic N) is 2. The quantitative estimate of drug-likeness (QED) is 0.673. The van der Waals surface area contributed by atoms with Crippen LogP contribution in [0.4, 0.5) is 15.9 Å². The third kappa shape index (κ3) is 5.36. The van der Waals surface area contributed by atoms with Gasteiger partial charge in [-0.25, -0.2) is 14.4 Å². The van der Waals surface area contributed by atoms with Crippen LogP contribution in [0.25, 0.3) is 0 Å². The largest absolute Gasteiger partial charge is 0.350 e. The minimum atomic E-state index is -0.270. The zero-order valence-electron chi connectivity index (χ0n) is 16.2. The van der Waals surface area contributed by atoms with E-state index in [9.17, 15) is 9.18 Å². The standard InChI is InChI=1S/C22H23FN4O/c1-14-10-15(2)12-19(11-14)27-21-13-20(25-16(3)26-21)22(28)24-9-8-17-4-6-18(23)7-5-17/h4-7,10-13H,8-9H2,1-3H3,(H,24,28)(H,25,26,27). The fourth-order valence-electron chi connectivity index (χ4n) is 3.00. The molecule has 0 radical (unpaired) electrons. The van der Waals surface area contributed by atoms with Crippen molar-refractivity contribution < 1.29 is 9.18 Å². The molecule has 0 bridgehead atoms. The Labute approximate surface area is 164 Å². The van der Waals surface area contributed by atoms with Crippen LogP contribution in [0.1, 0.15) is 33.0 Å². The molecular formula is C22H23FN4O. The van der Waals surface area contributed by atoms with Crippen LogP contribution in [-0.2, 0) is 6.42 Å². The highest BCUT2D eigenvalue weighted by Gasteiger charge is 2.11. The Morgan fingerprint density at radius 2 is 1.64 bits per heavy atom. The Balaban J connectivity index is 1.66. The number of halogens is 1. The number of aromatic nitrogens is 2. The second kappa shape index (κ2) is 8.61. The summed E-state index contributed by atoms with van der Waals surface area (Å²) >= 11 is 0. The molecule has 1 heterocycles.